The normalized spacial score (nSPS) is 13.0. The molecule has 0 radical (unpaired) electrons. The molecule has 1 heterocycles. The van der Waals surface area contributed by atoms with E-state index in [1.54, 1.807) is 6.07 Å². The summed E-state index contributed by atoms with van der Waals surface area (Å²) in [4.78, 5) is 12.7. The van der Waals surface area contributed by atoms with Crippen molar-refractivity contribution in [3.8, 4) is 11.5 Å². The van der Waals surface area contributed by atoms with Gasteiger partial charge in [-0.05, 0) is 28.8 Å². The van der Waals surface area contributed by atoms with Crippen molar-refractivity contribution in [2.24, 2.45) is 0 Å². The lowest BCUT2D eigenvalue weighted by Crippen LogP contribution is -2.12. The molecule has 30 heavy (non-hydrogen) atoms. The smallest absolute Gasteiger partial charge is 0.307 e. The fourth-order valence-corrected chi connectivity index (χ4v) is 3.84. The fourth-order valence-electron chi connectivity index (χ4n) is 3.56. The predicted molar refractivity (Wildman–Crippen MR) is 116 cm³/mol. The van der Waals surface area contributed by atoms with Crippen molar-refractivity contribution in [2.45, 2.75) is 25.4 Å². The van der Waals surface area contributed by atoms with Crippen LogP contribution in [0.3, 0.4) is 0 Å². The molecule has 0 N–H and O–H groups in total. The highest BCUT2D eigenvalue weighted by atomic mass is 35.5. The molecule has 0 fully saturated rings. The van der Waals surface area contributed by atoms with Crippen LogP contribution in [-0.2, 0) is 16.1 Å². The molecule has 0 saturated heterocycles. The van der Waals surface area contributed by atoms with Crippen LogP contribution in [0.2, 0.25) is 5.02 Å². The Kier molecular flexibility index (Phi) is 6.55. The monoisotopic (exact) mass is 422 g/mol. The van der Waals surface area contributed by atoms with Gasteiger partial charge in [-0.2, -0.15) is 0 Å². The maximum Gasteiger partial charge on any atom is 0.307 e. The molecule has 0 atom stereocenters. The van der Waals surface area contributed by atoms with Gasteiger partial charge in [0.2, 0.25) is 0 Å². The van der Waals surface area contributed by atoms with Crippen LogP contribution in [0, 0.1) is 0 Å². The van der Waals surface area contributed by atoms with E-state index in [2.05, 4.69) is 0 Å². The van der Waals surface area contributed by atoms with E-state index in [1.807, 2.05) is 66.7 Å². The van der Waals surface area contributed by atoms with Crippen molar-refractivity contribution in [1.82, 2.24) is 0 Å². The molecule has 0 aromatic heterocycles. The van der Waals surface area contributed by atoms with Crippen LogP contribution in [-0.4, -0.2) is 19.2 Å². The number of rotatable bonds is 6. The van der Waals surface area contributed by atoms with E-state index >= 15 is 0 Å². The quantitative estimate of drug-likeness (QED) is 0.473. The van der Waals surface area contributed by atoms with E-state index < -0.39 is 0 Å². The number of hydrogen-bond acceptors (Lipinski definition) is 4. The first-order valence-electron chi connectivity index (χ1n) is 10.0. The van der Waals surface area contributed by atoms with Gasteiger partial charge in [-0.1, -0.05) is 72.3 Å². The zero-order valence-corrected chi connectivity index (χ0v) is 17.3. The molecule has 1 aliphatic heterocycles. The Balaban J connectivity index is 1.46. The van der Waals surface area contributed by atoms with E-state index in [1.165, 1.54) is 0 Å². The minimum atomic E-state index is -0.268. The second-order valence-corrected chi connectivity index (χ2v) is 7.60. The standard InChI is InChI=1S/C25H23ClO4/c26-22-14-18(15-23-25(22)29-13-7-12-28-23)17-30-24(27)16-21(19-8-3-1-4-9-19)20-10-5-2-6-11-20/h1-6,8-11,14-15,21H,7,12-13,16-17H2. The van der Waals surface area contributed by atoms with E-state index in [0.29, 0.717) is 29.7 Å². The molecule has 0 amide bonds. The molecule has 3 aromatic rings. The molecule has 0 spiro atoms. The van der Waals surface area contributed by atoms with Crippen LogP contribution >= 0.6 is 11.6 Å². The number of benzene rings is 3. The zero-order valence-electron chi connectivity index (χ0n) is 16.6. The van der Waals surface area contributed by atoms with E-state index in [4.69, 9.17) is 25.8 Å². The summed E-state index contributed by atoms with van der Waals surface area (Å²) in [6.45, 7) is 1.27. The topological polar surface area (TPSA) is 44.8 Å². The highest BCUT2D eigenvalue weighted by Gasteiger charge is 2.20. The first-order chi connectivity index (χ1) is 14.7. The highest BCUT2D eigenvalue weighted by molar-refractivity contribution is 6.32. The van der Waals surface area contributed by atoms with Gasteiger partial charge in [0, 0.05) is 12.3 Å². The summed E-state index contributed by atoms with van der Waals surface area (Å²) in [6.07, 6.45) is 1.06. The summed E-state index contributed by atoms with van der Waals surface area (Å²) in [5, 5.41) is 0.465. The van der Waals surface area contributed by atoms with E-state index in [-0.39, 0.29) is 24.9 Å². The maximum atomic E-state index is 12.7. The Hall–Kier alpha value is -2.98. The SMILES string of the molecule is O=C(CC(c1ccccc1)c1ccccc1)OCc1cc(Cl)c2c(c1)OCCCO2. The number of carbonyl (C=O) groups excluding carboxylic acids is 1. The Morgan fingerprint density at radius 3 is 2.23 bits per heavy atom. The Labute approximate surface area is 181 Å². The first-order valence-corrected chi connectivity index (χ1v) is 10.4. The number of halogens is 1. The van der Waals surface area contributed by atoms with Gasteiger partial charge in [0.05, 0.1) is 24.7 Å². The summed E-state index contributed by atoms with van der Waals surface area (Å²) in [5.41, 5.74) is 2.94. The molecule has 0 unspecified atom stereocenters. The van der Waals surface area contributed by atoms with Gasteiger partial charge >= 0.3 is 5.97 Å². The summed E-state index contributed by atoms with van der Waals surface area (Å²) in [5.74, 6) is 0.818. The molecule has 4 rings (SSSR count). The lowest BCUT2D eigenvalue weighted by molar-refractivity contribution is -0.145. The highest BCUT2D eigenvalue weighted by Crippen LogP contribution is 2.38. The molecule has 0 aliphatic carbocycles. The number of ether oxygens (including phenoxy) is 3. The molecule has 3 aromatic carbocycles. The third kappa shape index (κ3) is 4.95. The van der Waals surface area contributed by atoms with Crippen LogP contribution < -0.4 is 9.47 Å². The molecule has 154 valence electrons. The zero-order chi connectivity index (χ0) is 20.8. The van der Waals surface area contributed by atoms with Crippen LogP contribution in [0.1, 0.15) is 35.4 Å². The predicted octanol–water partition coefficient (Wildman–Crippen LogP) is 5.77. The van der Waals surface area contributed by atoms with Gasteiger partial charge in [0.15, 0.2) is 11.5 Å². The molecular formula is C25H23ClO4. The minimum Gasteiger partial charge on any atom is -0.489 e. The number of hydrogen-bond donors (Lipinski definition) is 0. The van der Waals surface area contributed by atoms with E-state index in [0.717, 1.165) is 23.1 Å². The van der Waals surface area contributed by atoms with Crippen molar-refractivity contribution in [3.05, 3.63) is 94.5 Å². The summed E-state index contributed by atoms with van der Waals surface area (Å²) in [7, 11) is 0. The maximum absolute atomic E-state index is 12.7. The third-order valence-electron chi connectivity index (χ3n) is 5.04. The second-order valence-electron chi connectivity index (χ2n) is 7.19. The van der Waals surface area contributed by atoms with Crippen LogP contribution in [0.25, 0.3) is 0 Å². The minimum absolute atomic E-state index is 0.0627. The molecule has 1 aliphatic rings. The molecular weight excluding hydrogens is 400 g/mol. The third-order valence-corrected chi connectivity index (χ3v) is 5.32. The lowest BCUT2D eigenvalue weighted by Gasteiger charge is -2.18. The van der Waals surface area contributed by atoms with Crippen LogP contribution in [0.4, 0.5) is 0 Å². The Bertz CT molecular complexity index is 949. The molecule has 0 saturated carbocycles. The summed E-state index contributed by atoms with van der Waals surface area (Å²) in [6, 6.07) is 23.6. The lowest BCUT2D eigenvalue weighted by atomic mass is 9.89. The van der Waals surface area contributed by atoms with Crippen LogP contribution in [0.5, 0.6) is 11.5 Å². The van der Waals surface area contributed by atoms with Gasteiger partial charge in [-0.25, -0.2) is 0 Å². The Morgan fingerprint density at radius 2 is 1.57 bits per heavy atom. The van der Waals surface area contributed by atoms with E-state index in [9.17, 15) is 4.79 Å². The van der Waals surface area contributed by atoms with Crippen molar-refractivity contribution >= 4 is 17.6 Å². The fraction of sp³-hybridized carbons (Fsp3) is 0.240. The van der Waals surface area contributed by atoms with Crippen molar-refractivity contribution in [1.29, 1.82) is 0 Å². The van der Waals surface area contributed by atoms with Gasteiger partial charge in [-0.15, -0.1) is 0 Å². The van der Waals surface area contributed by atoms with Gasteiger partial charge < -0.3 is 14.2 Å². The summed E-state index contributed by atoms with van der Waals surface area (Å²) < 4.78 is 16.9. The number of esters is 1. The van der Waals surface area contributed by atoms with Crippen molar-refractivity contribution in [3.63, 3.8) is 0 Å². The van der Waals surface area contributed by atoms with Crippen LogP contribution in [0.15, 0.2) is 72.8 Å². The van der Waals surface area contributed by atoms with Gasteiger partial charge in [-0.3, -0.25) is 4.79 Å². The number of fused-ring (bicyclic) bond motifs is 1. The Morgan fingerprint density at radius 1 is 0.933 bits per heavy atom. The van der Waals surface area contributed by atoms with Gasteiger partial charge in [0.25, 0.3) is 0 Å². The largest absolute Gasteiger partial charge is 0.489 e. The first kappa shape index (κ1) is 20.3. The molecule has 4 nitrogen and oxygen atoms in total. The average molecular weight is 423 g/mol. The average Bonchev–Trinajstić information content (AvgIpc) is 3.03. The second kappa shape index (κ2) is 9.68. The number of carbonyl (C=O) groups is 1. The summed E-state index contributed by atoms with van der Waals surface area (Å²) >= 11 is 6.33. The molecule has 5 heteroatoms. The van der Waals surface area contributed by atoms with Crippen molar-refractivity contribution < 1.29 is 19.0 Å². The molecule has 0 bridgehead atoms. The van der Waals surface area contributed by atoms with Crippen molar-refractivity contribution in [2.75, 3.05) is 13.2 Å². The van der Waals surface area contributed by atoms with Gasteiger partial charge in [0.1, 0.15) is 6.61 Å².